The Hall–Kier alpha value is -3.31. The highest BCUT2D eigenvalue weighted by Gasteiger charge is 2.29. The molecule has 8 heteroatoms. The van der Waals surface area contributed by atoms with Gasteiger partial charge in [0, 0.05) is 24.2 Å². The molecule has 1 aliphatic rings. The third kappa shape index (κ3) is 5.61. The molecule has 1 heterocycles. The number of carboxylic acid groups (broad SMARTS) is 1. The number of alkyl halides is 3. The van der Waals surface area contributed by atoms with E-state index in [-0.39, 0.29) is 18.6 Å². The second-order valence-corrected chi connectivity index (χ2v) is 6.61. The van der Waals surface area contributed by atoms with Crippen LogP contribution in [0.1, 0.15) is 28.7 Å². The molecule has 0 fully saturated rings. The molecule has 4 nitrogen and oxygen atoms in total. The summed E-state index contributed by atoms with van der Waals surface area (Å²) in [7, 11) is 0. The van der Waals surface area contributed by atoms with Gasteiger partial charge in [0.05, 0.1) is 17.5 Å². The van der Waals surface area contributed by atoms with Crippen LogP contribution >= 0.6 is 0 Å². The van der Waals surface area contributed by atoms with Crippen LogP contribution in [0.5, 0.6) is 5.75 Å². The first kappa shape index (κ1) is 21.4. The summed E-state index contributed by atoms with van der Waals surface area (Å²) in [4.78, 5) is 10.5. The quantitative estimate of drug-likeness (QED) is 0.436. The normalized spacial score (nSPS) is 12.9. The van der Waals surface area contributed by atoms with Crippen LogP contribution in [0.25, 0.3) is 6.08 Å². The summed E-state index contributed by atoms with van der Waals surface area (Å²) < 4.78 is 57.9. The fourth-order valence-electron chi connectivity index (χ4n) is 2.77. The van der Waals surface area contributed by atoms with Crippen molar-refractivity contribution < 1.29 is 32.2 Å². The van der Waals surface area contributed by atoms with Crippen LogP contribution in [0.2, 0.25) is 0 Å². The maximum atomic E-state index is 14.5. The van der Waals surface area contributed by atoms with Gasteiger partial charge in [-0.05, 0) is 48.0 Å². The molecule has 0 spiro atoms. The topological polar surface area (TPSA) is 58.6 Å². The number of aliphatic carboxylic acids is 1. The number of halogens is 4. The van der Waals surface area contributed by atoms with Crippen molar-refractivity contribution in [3.05, 3.63) is 70.0 Å². The maximum absolute atomic E-state index is 14.5. The third-order valence-corrected chi connectivity index (χ3v) is 4.28. The van der Waals surface area contributed by atoms with Crippen molar-refractivity contribution >= 4 is 12.0 Å². The van der Waals surface area contributed by atoms with E-state index in [0.29, 0.717) is 30.0 Å². The van der Waals surface area contributed by atoms with Gasteiger partial charge in [0.15, 0.2) is 0 Å². The lowest BCUT2D eigenvalue weighted by atomic mass is 10.0. The molecule has 0 saturated heterocycles. The molecular formula is C22H17F4NO3. The highest BCUT2D eigenvalue weighted by Crippen LogP contribution is 2.30. The number of carboxylic acids is 1. The Morgan fingerprint density at radius 1 is 1.13 bits per heavy atom. The predicted octanol–water partition coefficient (Wildman–Crippen LogP) is 4.08. The fourth-order valence-corrected chi connectivity index (χ4v) is 2.77. The minimum atomic E-state index is -4.41. The molecular weight excluding hydrogens is 402 g/mol. The van der Waals surface area contributed by atoms with Crippen molar-refractivity contribution in [2.24, 2.45) is 0 Å². The van der Waals surface area contributed by atoms with Crippen LogP contribution in [0.15, 0.2) is 42.0 Å². The minimum absolute atomic E-state index is 0.0138. The number of nitrogens with one attached hydrogen (secondary N) is 1. The standard InChI is InChI=1S/C22H17F4NO3/c23-19-10-15(2-1-14-3-5-17(6-4-14)22(24,25)26)11-20-18(19)9-16(13-30-20)12-27-8-7-21(28)29/h3-6,9-11,27H,7-8,12-13H2,(H,28,29). The molecule has 0 aromatic heterocycles. The average Bonchev–Trinajstić information content (AvgIpc) is 2.69. The van der Waals surface area contributed by atoms with Gasteiger partial charge in [-0.3, -0.25) is 4.79 Å². The zero-order chi connectivity index (χ0) is 21.7. The SMILES string of the molecule is O=C(O)CCNCC1=Cc2c(F)cc(C#Cc3ccc(C(F)(F)F)cc3)cc2OC1. The largest absolute Gasteiger partial charge is 0.488 e. The first-order valence-electron chi connectivity index (χ1n) is 9.00. The van der Waals surface area contributed by atoms with Gasteiger partial charge < -0.3 is 15.2 Å². The Morgan fingerprint density at radius 3 is 2.50 bits per heavy atom. The molecule has 2 aromatic carbocycles. The molecule has 0 aliphatic carbocycles. The molecule has 0 atom stereocenters. The summed E-state index contributed by atoms with van der Waals surface area (Å²) in [5.74, 6) is 4.33. The van der Waals surface area contributed by atoms with Gasteiger partial charge in [0.25, 0.3) is 0 Å². The summed E-state index contributed by atoms with van der Waals surface area (Å²) in [5.41, 5.74) is 0.993. The summed E-state index contributed by atoms with van der Waals surface area (Å²) in [5, 5.41) is 11.6. The molecule has 0 bridgehead atoms. The predicted molar refractivity (Wildman–Crippen MR) is 102 cm³/mol. The minimum Gasteiger partial charge on any atom is -0.488 e. The number of hydrogen-bond donors (Lipinski definition) is 2. The van der Waals surface area contributed by atoms with E-state index in [9.17, 15) is 22.4 Å². The van der Waals surface area contributed by atoms with Crippen molar-refractivity contribution in [2.45, 2.75) is 12.6 Å². The zero-order valence-corrected chi connectivity index (χ0v) is 15.6. The lowest BCUT2D eigenvalue weighted by Gasteiger charge is -2.19. The lowest BCUT2D eigenvalue weighted by molar-refractivity contribution is -0.138. The molecule has 0 amide bonds. The van der Waals surface area contributed by atoms with Gasteiger partial charge >= 0.3 is 12.1 Å². The Balaban J connectivity index is 1.72. The lowest BCUT2D eigenvalue weighted by Crippen LogP contribution is -2.24. The number of ether oxygens (including phenoxy) is 1. The van der Waals surface area contributed by atoms with E-state index >= 15 is 0 Å². The molecule has 30 heavy (non-hydrogen) atoms. The molecule has 2 N–H and O–H groups in total. The average molecular weight is 419 g/mol. The monoisotopic (exact) mass is 419 g/mol. The maximum Gasteiger partial charge on any atom is 0.416 e. The Morgan fingerprint density at radius 2 is 1.83 bits per heavy atom. The first-order chi connectivity index (χ1) is 14.2. The molecule has 2 aromatic rings. The van der Waals surface area contributed by atoms with Gasteiger partial charge in [-0.25, -0.2) is 4.39 Å². The highest BCUT2D eigenvalue weighted by molar-refractivity contribution is 5.67. The van der Waals surface area contributed by atoms with Crippen LogP contribution in [-0.4, -0.2) is 30.8 Å². The van der Waals surface area contributed by atoms with Crippen LogP contribution in [-0.2, 0) is 11.0 Å². The van der Waals surface area contributed by atoms with Crippen molar-refractivity contribution in [1.82, 2.24) is 5.32 Å². The Bertz CT molecular complexity index is 1030. The summed E-state index contributed by atoms with van der Waals surface area (Å²) in [6, 6.07) is 7.20. The van der Waals surface area contributed by atoms with E-state index in [1.807, 2.05) is 0 Å². The number of fused-ring (bicyclic) bond motifs is 1. The molecule has 3 rings (SSSR count). The van der Waals surface area contributed by atoms with E-state index in [1.54, 1.807) is 12.1 Å². The number of hydrogen-bond acceptors (Lipinski definition) is 3. The Labute approximate surface area is 170 Å². The van der Waals surface area contributed by atoms with Gasteiger partial charge in [-0.1, -0.05) is 11.8 Å². The second-order valence-electron chi connectivity index (χ2n) is 6.61. The second kappa shape index (κ2) is 9.01. The van der Waals surface area contributed by atoms with Gasteiger partial charge in [-0.2, -0.15) is 13.2 Å². The zero-order valence-electron chi connectivity index (χ0n) is 15.6. The van der Waals surface area contributed by atoms with E-state index < -0.39 is 23.5 Å². The van der Waals surface area contributed by atoms with Crippen LogP contribution in [0, 0.1) is 17.7 Å². The van der Waals surface area contributed by atoms with E-state index in [4.69, 9.17) is 9.84 Å². The van der Waals surface area contributed by atoms with Crippen LogP contribution in [0.3, 0.4) is 0 Å². The van der Waals surface area contributed by atoms with E-state index in [2.05, 4.69) is 17.2 Å². The number of rotatable bonds is 5. The fraction of sp³-hybridized carbons (Fsp3) is 0.227. The highest BCUT2D eigenvalue weighted by atomic mass is 19.4. The molecule has 0 unspecified atom stereocenters. The van der Waals surface area contributed by atoms with Crippen molar-refractivity contribution in [2.75, 3.05) is 19.7 Å². The van der Waals surface area contributed by atoms with E-state index in [0.717, 1.165) is 17.7 Å². The van der Waals surface area contributed by atoms with E-state index in [1.165, 1.54) is 18.2 Å². The van der Waals surface area contributed by atoms with Gasteiger partial charge in [0.1, 0.15) is 18.2 Å². The summed E-state index contributed by atoms with van der Waals surface area (Å²) >= 11 is 0. The van der Waals surface area contributed by atoms with Gasteiger partial charge in [-0.15, -0.1) is 0 Å². The molecule has 0 radical (unpaired) electrons. The summed E-state index contributed by atoms with van der Waals surface area (Å²) in [6.07, 6.45) is -2.78. The molecule has 1 aliphatic heterocycles. The molecule has 156 valence electrons. The van der Waals surface area contributed by atoms with Crippen LogP contribution < -0.4 is 10.1 Å². The smallest absolute Gasteiger partial charge is 0.416 e. The van der Waals surface area contributed by atoms with Crippen molar-refractivity contribution in [1.29, 1.82) is 0 Å². The van der Waals surface area contributed by atoms with Crippen molar-refractivity contribution in [3.8, 4) is 17.6 Å². The Kier molecular flexibility index (Phi) is 6.43. The molecule has 0 saturated carbocycles. The third-order valence-electron chi connectivity index (χ3n) is 4.28. The first-order valence-corrected chi connectivity index (χ1v) is 9.00. The summed E-state index contributed by atoms with van der Waals surface area (Å²) in [6.45, 7) is 0.893. The van der Waals surface area contributed by atoms with Crippen LogP contribution in [0.4, 0.5) is 17.6 Å². The number of benzene rings is 2. The number of carbonyl (C=O) groups is 1. The van der Waals surface area contributed by atoms with Crippen molar-refractivity contribution in [3.63, 3.8) is 0 Å². The van der Waals surface area contributed by atoms with Gasteiger partial charge in [0.2, 0.25) is 0 Å².